The first-order valence-corrected chi connectivity index (χ1v) is 5.49. The van der Waals surface area contributed by atoms with Crippen LogP contribution in [0.4, 0.5) is 5.95 Å². The molecule has 0 aliphatic heterocycles. The largest absolute Gasteiger partial charge is 0.478 e. The van der Waals surface area contributed by atoms with Crippen LogP contribution >= 0.6 is 0 Å². The standard InChI is InChI=1S/C12H17N3O3/c1-9(8-18-3)15(2)12-13-6-10(7-14-12)4-5-11(16)17/h4-7,9H,8H2,1-3H3,(H,16,17)/b5-4+. The summed E-state index contributed by atoms with van der Waals surface area (Å²) in [5, 5.41) is 8.50. The van der Waals surface area contributed by atoms with Gasteiger partial charge < -0.3 is 14.7 Å². The van der Waals surface area contributed by atoms with Crippen LogP contribution in [-0.4, -0.2) is 47.8 Å². The van der Waals surface area contributed by atoms with Gasteiger partial charge in [0.15, 0.2) is 0 Å². The Balaban J connectivity index is 2.73. The molecule has 1 aromatic rings. The molecule has 6 heteroatoms. The molecule has 0 aromatic carbocycles. The van der Waals surface area contributed by atoms with Crippen LogP contribution in [0, 0.1) is 0 Å². The summed E-state index contributed by atoms with van der Waals surface area (Å²) in [6.07, 6.45) is 5.66. The Labute approximate surface area is 106 Å². The minimum Gasteiger partial charge on any atom is -0.478 e. The second-order valence-corrected chi connectivity index (χ2v) is 3.90. The van der Waals surface area contributed by atoms with Gasteiger partial charge in [-0.2, -0.15) is 0 Å². The number of methoxy groups -OCH3 is 1. The lowest BCUT2D eigenvalue weighted by atomic mass is 10.3. The van der Waals surface area contributed by atoms with Crippen LogP contribution in [0.3, 0.4) is 0 Å². The van der Waals surface area contributed by atoms with Gasteiger partial charge in [-0.25, -0.2) is 14.8 Å². The highest BCUT2D eigenvalue weighted by Gasteiger charge is 2.11. The van der Waals surface area contributed by atoms with E-state index < -0.39 is 5.97 Å². The number of rotatable bonds is 6. The Bertz CT molecular complexity index is 417. The molecular weight excluding hydrogens is 234 g/mol. The zero-order valence-electron chi connectivity index (χ0n) is 10.7. The smallest absolute Gasteiger partial charge is 0.328 e. The molecule has 0 aliphatic carbocycles. The first kappa shape index (κ1) is 14.1. The molecule has 0 saturated carbocycles. The summed E-state index contributed by atoms with van der Waals surface area (Å²) in [4.78, 5) is 20.6. The number of carboxylic acid groups (broad SMARTS) is 1. The zero-order valence-corrected chi connectivity index (χ0v) is 10.7. The van der Waals surface area contributed by atoms with Gasteiger partial charge in [0, 0.05) is 38.2 Å². The third-order valence-corrected chi connectivity index (χ3v) is 2.46. The third kappa shape index (κ3) is 4.14. The van der Waals surface area contributed by atoms with Gasteiger partial charge >= 0.3 is 5.97 Å². The molecule has 0 aliphatic rings. The van der Waals surface area contributed by atoms with E-state index in [1.54, 1.807) is 19.5 Å². The maximum Gasteiger partial charge on any atom is 0.328 e. The number of hydrogen-bond acceptors (Lipinski definition) is 5. The van der Waals surface area contributed by atoms with Gasteiger partial charge in [0.05, 0.1) is 12.6 Å². The van der Waals surface area contributed by atoms with Crippen molar-refractivity contribution in [3.8, 4) is 0 Å². The number of nitrogens with zero attached hydrogens (tertiary/aromatic N) is 3. The molecule has 0 bridgehead atoms. The second-order valence-electron chi connectivity index (χ2n) is 3.90. The van der Waals surface area contributed by atoms with E-state index in [9.17, 15) is 4.79 Å². The summed E-state index contributed by atoms with van der Waals surface area (Å²) >= 11 is 0. The van der Waals surface area contributed by atoms with Crippen LogP contribution in [0.2, 0.25) is 0 Å². The van der Waals surface area contributed by atoms with Crippen molar-refractivity contribution in [3.05, 3.63) is 24.0 Å². The Kier molecular flexibility index (Phi) is 5.26. The normalized spacial score (nSPS) is 12.6. The molecule has 0 fully saturated rings. The maximum atomic E-state index is 10.4. The molecule has 6 nitrogen and oxygen atoms in total. The fourth-order valence-corrected chi connectivity index (χ4v) is 1.32. The molecule has 1 rings (SSSR count). The van der Waals surface area contributed by atoms with Crippen LogP contribution in [0.25, 0.3) is 6.08 Å². The van der Waals surface area contributed by atoms with E-state index in [1.807, 2.05) is 18.9 Å². The van der Waals surface area contributed by atoms with E-state index >= 15 is 0 Å². The summed E-state index contributed by atoms with van der Waals surface area (Å²) in [6.45, 7) is 2.59. The zero-order chi connectivity index (χ0) is 13.5. The Morgan fingerprint density at radius 2 is 2.17 bits per heavy atom. The van der Waals surface area contributed by atoms with Gasteiger partial charge in [-0.3, -0.25) is 0 Å². The molecule has 98 valence electrons. The van der Waals surface area contributed by atoms with Crippen LogP contribution in [0.15, 0.2) is 18.5 Å². The number of carbonyl (C=O) groups is 1. The van der Waals surface area contributed by atoms with Crippen molar-refractivity contribution in [1.82, 2.24) is 9.97 Å². The lowest BCUT2D eigenvalue weighted by Gasteiger charge is -2.23. The van der Waals surface area contributed by atoms with Crippen LogP contribution in [0.1, 0.15) is 12.5 Å². The van der Waals surface area contributed by atoms with E-state index in [-0.39, 0.29) is 6.04 Å². The van der Waals surface area contributed by atoms with Crippen molar-refractivity contribution in [2.45, 2.75) is 13.0 Å². The van der Waals surface area contributed by atoms with Crippen molar-refractivity contribution in [1.29, 1.82) is 0 Å². The first-order chi connectivity index (χ1) is 8.54. The lowest BCUT2D eigenvalue weighted by molar-refractivity contribution is -0.131. The SMILES string of the molecule is COCC(C)N(C)c1ncc(/C=C/C(=O)O)cn1. The van der Waals surface area contributed by atoms with Crippen LogP contribution in [-0.2, 0) is 9.53 Å². The van der Waals surface area contributed by atoms with Crippen molar-refractivity contribution in [2.24, 2.45) is 0 Å². The summed E-state index contributed by atoms with van der Waals surface area (Å²) in [7, 11) is 3.52. The predicted molar refractivity (Wildman–Crippen MR) is 68.4 cm³/mol. The Morgan fingerprint density at radius 3 is 2.67 bits per heavy atom. The van der Waals surface area contributed by atoms with Gasteiger partial charge in [0.25, 0.3) is 0 Å². The van der Waals surface area contributed by atoms with Gasteiger partial charge in [-0.1, -0.05) is 0 Å². The minimum absolute atomic E-state index is 0.162. The number of carboxylic acids is 1. The summed E-state index contributed by atoms with van der Waals surface area (Å²) in [6, 6.07) is 0.162. The molecule has 1 atom stereocenters. The number of aromatic nitrogens is 2. The molecule has 0 saturated heterocycles. The van der Waals surface area contributed by atoms with Gasteiger partial charge in [0.1, 0.15) is 0 Å². The maximum absolute atomic E-state index is 10.4. The number of anilines is 1. The quantitative estimate of drug-likeness (QED) is 0.761. The molecule has 1 aromatic heterocycles. The first-order valence-electron chi connectivity index (χ1n) is 5.49. The Morgan fingerprint density at radius 1 is 1.56 bits per heavy atom. The van der Waals surface area contributed by atoms with Crippen molar-refractivity contribution in [3.63, 3.8) is 0 Å². The molecular formula is C12H17N3O3. The van der Waals surface area contributed by atoms with E-state index in [4.69, 9.17) is 9.84 Å². The van der Waals surface area contributed by atoms with Crippen LogP contribution < -0.4 is 4.90 Å². The van der Waals surface area contributed by atoms with Gasteiger partial charge in [0.2, 0.25) is 5.95 Å². The molecule has 1 N–H and O–H groups in total. The fourth-order valence-electron chi connectivity index (χ4n) is 1.32. The molecule has 18 heavy (non-hydrogen) atoms. The van der Waals surface area contributed by atoms with Crippen molar-refractivity contribution in [2.75, 3.05) is 25.7 Å². The minimum atomic E-state index is -0.995. The fraction of sp³-hybridized carbons (Fsp3) is 0.417. The summed E-state index contributed by atoms with van der Waals surface area (Å²) in [5.41, 5.74) is 0.647. The number of hydrogen-bond donors (Lipinski definition) is 1. The van der Waals surface area contributed by atoms with Gasteiger partial charge in [-0.05, 0) is 13.0 Å². The number of ether oxygens (including phenoxy) is 1. The number of aliphatic carboxylic acids is 1. The summed E-state index contributed by atoms with van der Waals surface area (Å²) < 4.78 is 5.06. The second kappa shape index (κ2) is 6.70. The van der Waals surface area contributed by atoms with E-state index in [0.29, 0.717) is 18.1 Å². The van der Waals surface area contributed by atoms with E-state index in [0.717, 1.165) is 6.08 Å². The topological polar surface area (TPSA) is 75.5 Å². The number of likely N-dealkylation sites (N-methyl/N-ethyl adjacent to an activating group) is 1. The van der Waals surface area contributed by atoms with Crippen molar-refractivity contribution < 1.29 is 14.6 Å². The average Bonchev–Trinajstić information content (AvgIpc) is 2.36. The molecule has 1 heterocycles. The van der Waals surface area contributed by atoms with Gasteiger partial charge in [-0.15, -0.1) is 0 Å². The molecule has 0 radical (unpaired) electrons. The van der Waals surface area contributed by atoms with E-state index in [2.05, 4.69) is 9.97 Å². The highest BCUT2D eigenvalue weighted by Crippen LogP contribution is 2.09. The van der Waals surface area contributed by atoms with E-state index in [1.165, 1.54) is 6.08 Å². The van der Waals surface area contributed by atoms with Crippen molar-refractivity contribution >= 4 is 18.0 Å². The third-order valence-electron chi connectivity index (χ3n) is 2.46. The highest BCUT2D eigenvalue weighted by molar-refractivity contribution is 5.85. The van der Waals surface area contributed by atoms with Crippen LogP contribution in [0.5, 0.6) is 0 Å². The Hall–Kier alpha value is -1.95. The molecule has 0 amide bonds. The molecule has 0 spiro atoms. The predicted octanol–water partition coefficient (Wildman–Crippen LogP) is 1.05. The average molecular weight is 251 g/mol. The monoisotopic (exact) mass is 251 g/mol. The summed E-state index contributed by atoms with van der Waals surface area (Å²) in [5.74, 6) is -0.420. The highest BCUT2D eigenvalue weighted by atomic mass is 16.5. The lowest BCUT2D eigenvalue weighted by Crippen LogP contribution is -2.33. The molecule has 1 unspecified atom stereocenters.